The third-order valence-electron chi connectivity index (χ3n) is 1.43. The quantitative estimate of drug-likeness (QED) is 0.451. The fourth-order valence-electron chi connectivity index (χ4n) is 0.669. The maximum atomic E-state index is 8.44. The fourth-order valence-corrected chi connectivity index (χ4v) is 0.669. The largest absolute Gasteiger partial charge is 0.396 e. The Balaban J connectivity index is 2.89. The summed E-state index contributed by atoms with van der Waals surface area (Å²) in [6, 6.07) is 0.402. The number of nitrogens with two attached hydrogens (primary N) is 1. The van der Waals surface area contributed by atoms with Gasteiger partial charge in [-0.25, -0.2) is 0 Å². The Bertz CT molecular complexity index is 68.6. The molecule has 0 saturated carbocycles. The first kappa shape index (κ1) is 9.88. The Labute approximate surface area is 62.6 Å². The fraction of sp³-hybridized carbons (Fsp3) is 1.00. The molecule has 0 spiro atoms. The molecule has 0 aliphatic carbocycles. The Morgan fingerprint density at radius 2 is 2.20 bits per heavy atom. The van der Waals surface area contributed by atoms with Crippen LogP contribution in [0, 0.1) is 0 Å². The van der Waals surface area contributed by atoms with E-state index in [-0.39, 0.29) is 0 Å². The second-order valence-corrected chi connectivity index (χ2v) is 2.52. The van der Waals surface area contributed by atoms with Crippen molar-refractivity contribution in [2.75, 3.05) is 19.7 Å². The van der Waals surface area contributed by atoms with E-state index >= 15 is 0 Å². The smallest absolute Gasteiger partial charge is 0.0431 e. The molecule has 0 aromatic carbocycles. The van der Waals surface area contributed by atoms with Crippen LogP contribution in [0.15, 0.2) is 0 Å². The van der Waals surface area contributed by atoms with Gasteiger partial charge in [-0.3, -0.25) is 0 Å². The Morgan fingerprint density at radius 3 is 2.70 bits per heavy atom. The highest BCUT2D eigenvalue weighted by molar-refractivity contribution is 4.59. The van der Waals surface area contributed by atoms with Crippen LogP contribution in [0.4, 0.5) is 0 Å². The Hall–Kier alpha value is -0.120. The molecule has 0 aromatic rings. The van der Waals surface area contributed by atoms with Gasteiger partial charge in [-0.2, -0.15) is 0 Å². The number of rotatable bonds is 6. The van der Waals surface area contributed by atoms with E-state index in [1.54, 1.807) is 0 Å². The number of unbranched alkanes of at least 4 members (excludes halogenated alkanes) is 1. The minimum atomic E-state index is 0.290. The molecule has 10 heavy (non-hydrogen) atoms. The molecule has 3 nitrogen and oxygen atoms in total. The van der Waals surface area contributed by atoms with Crippen molar-refractivity contribution in [3.05, 3.63) is 0 Å². The van der Waals surface area contributed by atoms with E-state index in [1.165, 1.54) is 0 Å². The third kappa shape index (κ3) is 6.01. The molecule has 0 heterocycles. The van der Waals surface area contributed by atoms with E-state index in [1.807, 2.05) is 0 Å². The van der Waals surface area contributed by atoms with Gasteiger partial charge in [-0.05, 0) is 26.3 Å². The van der Waals surface area contributed by atoms with Crippen molar-refractivity contribution < 1.29 is 5.11 Å². The molecular formula is C7H18N2O. The number of aliphatic hydroxyl groups is 1. The summed E-state index contributed by atoms with van der Waals surface area (Å²) in [5.74, 6) is 0. The second-order valence-electron chi connectivity index (χ2n) is 2.52. The summed E-state index contributed by atoms with van der Waals surface area (Å²) in [7, 11) is 0. The van der Waals surface area contributed by atoms with E-state index in [0.29, 0.717) is 19.2 Å². The molecule has 0 aliphatic heterocycles. The highest BCUT2D eigenvalue weighted by atomic mass is 16.2. The lowest BCUT2D eigenvalue weighted by molar-refractivity contribution is 0.283. The van der Waals surface area contributed by atoms with Crippen LogP contribution in [0.5, 0.6) is 0 Å². The van der Waals surface area contributed by atoms with Crippen molar-refractivity contribution in [1.82, 2.24) is 5.32 Å². The molecule has 0 rings (SSSR count). The minimum absolute atomic E-state index is 0.290. The number of aliphatic hydroxyl groups excluding tert-OH is 1. The summed E-state index contributed by atoms with van der Waals surface area (Å²) in [5.41, 5.74) is 5.37. The molecule has 4 N–H and O–H groups in total. The van der Waals surface area contributed by atoms with Crippen LogP contribution < -0.4 is 11.1 Å². The van der Waals surface area contributed by atoms with Gasteiger partial charge in [0, 0.05) is 19.2 Å². The van der Waals surface area contributed by atoms with Crippen LogP contribution in [-0.2, 0) is 0 Å². The van der Waals surface area contributed by atoms with Crippen molar-refractivity contribution >= 4 is 0 Å². The first-order chi connectivity index (χ1) is 4.81. The van der Waals surface area contributed by atoms with Crippen molar-refractivity contribution in [3.63, 3.8) is 0 Å². The third-order valence-corrected chi connectivity index (χ3v) is 1.43. The molecular weight excluding hydrogens is 128 g/mol. The standard InChI is InChI=1S/C7H18N2O/c1-7(6-8)9-4-2-3-5-10/h7,9-10H,2-6,8H2,1H3/t7-/m0/s1. The Morgan fingerprint density at radius 1 is 1.50 bits per heavy atom. The molecule has 1 atom stereocenters. The van der Waals surface area contributed by atoms with Gasteiger partial charge < -0.3 is 16.2 Å². The lowest BCUT2D eigenvalue weighted by atomic mass is 10.3. The summed E-state index contributed by atoms with van der Waals surface area (Å²) in [4.78, 5) is 0. The van der Waals surface area contributed by atoms with E-state index in [9.17, 15) is 0 Å². The van der Waals surface area contributed by atoms with Crippen molar-refractivity contribution in [1.29, 1.82) is 0 Å². The summed E-state index contributed by atoms with van der Waals surface area (Å²) >= 11 is 0. The summed E-state index contributed by atoms with van der Waals surface area (Å²) in [6.07, 6.45) is 1.91. The lowest BCUT2D eigenvalue weighted by Gasteiger charge is -2.09. The summed E-state index contributed by atoms with van der Waals surface area (Å²) in [5, 5.41) is 11.7. The van der Waals surface area contributed by atoms with Crippen LogP contribution in [0.25, 0.3) is 0 Å². The SMILES string of the molecule is C[C@@H](CN)NCCCCO. The summed E-state index contributed by atoms with van der Waals surface area (Å²) in [6.45, 7) is 3.98. The highest BCUT2D eigenvalue weighted by Crippen LogP contribution is 1.85. The van der Waals surface area contributed by atoms with Gasteiger partial charge in [0.1, 0.15) is 0 Å². The first-order valence-corrected chi connectivity index (χ1v) is 3.85. The molecule has 0 saturated heterocycles. The molecule has 0 aliphatic rings. The molecule has 62 valence electrons. The Kier molecular flexibility index (Phi) is 6.91. The van der Waals surface area contributed by atoms with Gasteiger partial charge in [-0.15, -0.1) is 0 Å². The average Bonchev–Trinajstić information content (AvgIpc) is 1.98. The molecule has 0 radical (unpaired) electrons. The zero-order chi connectivity index (χ0) is 7.82. The predicted molar refractivity (Wildman–Crippen MR) is 42.8 cm³/mol. The van der Waals surface area contributed by atoms with Gasteiger partial charge in [0.15, 0.2) is 0 Å². The molecule has 0 amide bonds. The first-order valence-electron chi connectivity index (χ1n) is 3.85. The molecule has 3 heteroatoms. The van der Waals surface area contributed by atoms with Crippen LogP contribution in [0.1, 0.15) is 19.8 Å². The number of hydrogen-bond acceptors (Lipinski definition) is 3. The average molecular weight is 146 g/mol. The maximum Gasteiger partial charge on any atom is 0.0431 e. The van der Waals surface area contributed by atoms with E-state index < -0.39 is 0 Å². The second kappa shape index (κ2) is 6.99. The van der Waals surface area contributed by atoms with Gasteiger partial charge in [0.05, 0.1) is 0 Å². The maximum absolute atomic E-state index is 8.44. The van der Waals surface area contributed by atoms with Gasteiger partial charge in [0.25, 0.3) is 0 Å². The van der Waals surface area contributed by atoms with Crippen molar-refractivity contribution in [3.8, 4) is 0 Å². The van der Waals surface area contributed by atoms with Gasteiger partial charge >= 0.3 is 0 Å². The summed E-state index contributed by atoms with van der Waals surface area (Å²) < 4.78 is 0. The van der Waals surface area contributed by atoms with Crippen LogP contribution in [0.3, 0.4) is 0 Å². The lowest BCUT2D eigenvalue weighted by Crippen LogP contribution is -2.33. The molecule has 0 fully saturated rings. The molecule has 0 aromatic heterocycles. The van der Waals surface area contributed by atoms with Crippen LogP contribution in [0.2, 0.25) is 0 Å². The van der Waals surface area contributed by atoms with E-state index in [0.717, 1.165) is 19.4 Å². The molecule has 0 unspecified atom stereocenters. The number of nitrogens with one attached hydrogen (secondary N) is 1. The van der Waals surface area contributed by atoms with E-state index in [2.05, 4.69) is 12.2 Å². The zero-order valence-electron chi connectivity index (χ0n) is 6.64. The zero-order valence-corrected chi connectivity index (χ0v) is 6.64. The van der Waals surface area contributed by atoms with E-state index in [4.69, 9.17) is 10.8 Å². The monoisotopic (exact) mass is 146 g/mol. The van der Waals surface area contributed by atoms with Gasteiger partial charge in [-0.1, -0.05) is 0 Å². The van der Waals surface area contributed by atoms with Crippen molar-refractivity contribution in [2.24, 2.45) is 5.73 Å². The van der Waals surface area contributed by atoms with Crippen molar-refractivity contribution in [2.45, 2.75) is 25.8 Å². The highest BCUT2D eigenvalue weighted by Gasteiger charge is 1.94. The number of hydrogen-bond donors (Lipinski definition) is 3. The molecule has 0 bridgehead atoms. The predicted octanol–water partition coefficient (Wildman–Crippen LogP) is -0.304. The topological polar surface area (TPSA) is 58.3 Å². The van der Waals surface area contributed by atoms with Crippen LogP contribution >= 0.6 is 0 Å². The normalized spacial score (nSPS) is 13.5. The van der Waals surface area contributed by atoms with Gasteiger partial charge in [0.2, 0.25) is 0 Å². The minimum Gasteiger partial charge on any atom is -0.396 e. The van der Waals surface area contributed by atoms with Crippen LogP contribution in [-0.4, -0.2) is 30.8 Å².